The highest BCUT2D eigenvalue weighted by molar-refractivity contribution is 7.09. The van der Waals surface area contributed by atoms with Gasteiger partial charge in [0.25, 0.3) is 0 Å². The van der Waals surface area contributed by atoms with Gasteiger partial charge in [-0.05, 0) is 42.5 Å². The molecule has 4 aromatic rings. The lowest BCUT2D eigenvalue weighted by Gasteiger charge is -2.04. The SMILES string of the molecule is O=C(CCc1nc(-c2ccc(F)cc2)cs1)Nc1ccc2oc(=O)[nH]c2c1. The van der Waals surface area contributed by atoms with Gasteiger partial charge in [0, 0.05) is 29.5 Å². The Labute approximate surface area is 156 Å². The minimum Gasteiger partial charge on any atom is -0.408 e. The maximum absolute atomic E-state index is 13.0. The Bertz CT molecular complexity index is 1160. The number of aromatic amines is 1. The number of nitrogens with zero attached hydrogens (tertiary/aromatic N) is 1. The standard InChI is InChI=1S/C19H14FN3O3S/c20-12-3-1-11(2-4-12)15-10-27-18(22-15)8-7-17(24)21-13-5-6-16-14(9-13)23-19(25)26-16/h1-6,9-10H,7-8H2,(H,21,24)(H,23,25). The zero-order valence-corrected chi connectivity index (χ0v) is 14.8. The number of nitrogens with one attached hydrogen (secondary N) is 2. The molecular weight excluding hydrogens is 369 g/mol. The van der Waals surface area contributed by atoms with E-state index in [9.17, 15) is 14.0 Å². The summed E-state index contributed by atoms with van der Waals surface area (Å²) >= 11 is 1.46. The molecule has 0 radical (unpaired) electrons. The van der Waals surface area contributed by atoms with Gasteiger partial charge in [0.15, 0.2) is 5.58 Å². The Morgan fingerprint density at radius 2 is 2.04 bits per heavy atom. The Hall–Kier alpha value is -3.26. The highest BCUT2D eigenvalue weighted by atomic mass is 32.1. The first kappa shape index (κ1) is 17.2. The number of oxazole rings is 1. The number of fused-ring (bicyclic) bond motifs is 1. The lowest BCUT2D eigenvalue weighted by atomic mass is 10.2. The van der Waals surface area contributed by atoms with E-state index in [1.54, 1.807) is 30.3 Å². The van der Waals surface area contributed by atoms with Gasteiger partial charge in [-0.15, -0.1) is 11.3 Å². The molecular formula is C19H14FN3O3S. The number of amides is 1. The van der Waals surface area contributed by atoms with Crippen molar-refractivity contribution in [3.05, 3.63) is 69.2 Å². The van der Waals surface area contributed by atoms with Crippen molar-refractivity contribution in [2.45, 2.75) is 12.8 Å². The van der Waals surface area contributed by atoms with Gasteiger partial charge in [-0.1, -0.05) is 0 Å². The van der Waals surface area contributed by atoms with Crippen molar-refractivity contribution < 1.29 is 13.6 Å². The third-order valence-corrected chi connectivity index (χ3v) is 4.87. The molecule has 0 aliphatic rings. The molecule has 0 spiro atoms. The summed E-state index contributed by atoms with van der Waals surface area (Å²) in [5.74, 6) is -0.975. The molecule has 0 saturated heterocycles. The van der Waals surface area contributed by atoms with Crippen LogP contribution >= 0.6 is 11.3 Å². The van der Waals surface area contributed by atoms with Crippen LogP contribution in [-0.2, 0) is 11.2 Å². The lowest BCUT2D eigenvalue weighted by molar-refractivity contribution is -0.116. The first-order chi connectivity index (χ1) is 13.1. The normalized spacial score (nSPS) is 11.0. The highest BCUT2D eigenvalue weighted by Gasteiger charge is 2.09. The fraction of sp³-hybridized carbons (Fsp3) is 0.105. The maximum Gasteiger partial charge on any atom is 0.417 e. The monoisotopic (exact) mass is 383 g/mol. The maximum atomic E-state index is 13.0. The van der Waals surface area contributed by atoms with Crippen LogP contribution in [0.2, 0.25) is 0 Å². The molecule has 2 aromatic carbocycles. The Balaban J connectivity index is 1.37. The number of aromatic nitrogens is 2. The van der Waals surface area contributed by atoms with Crippen LogP contribution in [0.1, 0.15) is 11.4 Å². The second-order valence-corrected chi connectivity index (χ2v) is 6.85. The zero-order chi connectivity index (χ0) is 18.8. The molecule has 0 saturated carbocycles. The largest absolute Gasteiger partial charge is 0.417 e. The van der Waals surface area contributed by atoms with Crippen LogP contribution in [0.15, 0.2) is 57.1 Å². The quantitative estimate of drug-likeness (QED) is 0.546. The molecule has 27 heavy (non-hydrogen) atoms. The number of carbonyl (C=O) groups excluding carboxylic acids is 1. The van der Waals surface area contributed by atoms with Gasteiger partial charge < -0.3 is 9.73 Å². The molecule has 4 rings (SSSR count). The number of hydrogen-bond acceptors (Lipinski definition) is 5. The highest BCUT2D eigenvalue weighted by Crippen LogP contribution is 2.23. The second-order valence-electron chi connectivity index (χ2n) is 5.91. The second kappa shape index (κ2) is 7.16. The average molecular weight is 383 g/mol. The van der Waals surface area contributed by atoms with E-state index in [1.165, 1.54) is 23.5 Å². The first-order valence-electron chi connectivity index (χ1n) is 8.20. The molecule has 6 nitrogen and oxygen atoms in total. The van der Waals surface area contributed by atoms with E-state index in [0.717, 1.165) is 16.3 Å². The van der Waals surface area contributed by atoms with Gasteiger partial charge in [-0.2, -0.15) is 0 Å². The molecule has 0 bridgehead atoms. The van der Waals surface area contributed by atoms with E-state index < -0.39 is 5.76 Å². The van der Waals surface area contributed by atoms with Gasteiger partial charge in [-0.3, -0.25) is 9.78 Å². The van der Waals surface area contributed by atoms with Crippen molar-refractivity contribution in [2.75, 3.05) is 5.32 Å². The third-order valence-electron chi connectivity index (χ3n) is 3.96. The number of H-pyrrole nitrogens is 1. The summed E-state index contributed by atoms with van der Waals surface area (Å²) in [4.78, 5) is 30.4. The van der Waals surface area contributed by atoms with Crippen LogP contribution in [0.5, 0.6) is 0 Å². The number of halogens is 1. The van der Waals surface area contributed by atoms with E-state index in [-0.39, 0.29) is 18.1 Å². The molecule has 8 heteroatoms. The van der Waals surface area contributed by atoms with Crippen molar-refractivity contribution in [2.24, 2.45) is 0 Å². The molecule has 0 fully saturated rings. The minimum absolute atomic E-state index is 0.154. The van der Waals surface area contributed by atoms with Crippen LogP contribution < -0.4 is 11.1 Å². The minimum atomic E-state index is -0.533. The topological polar surface area (TPSA) is 88.0 Å². The molecule has 2 heterocycles. The van der Waals surface area contributed by atoms with E-state index in [1.807, 2.05) is 5.38 Å². The van der Waals surface area contributed by atoms with Gasteiger partial charge >= 0.3 is 5.76 Å². The number of benzene rings is 2. The first-order valence-corrected chi connectivity index (χ1v) is 9.08. The van der Waals surface area contributed by atoms with Gasteiger partial charge in [-0.25, -0.2) is 14.2 Å². The summed E-state index contributed by atoms with van der Waals surface area (Å²) in [6, 6.07) is 11.1. The van der Waals surface area contributed by atoms with E-state index >= 15 is 0 Å². The predicted molar refractivity (Wildman–Crippen MR) is 101 cm³/mol. The van der Waals surface area contributed by atoms with Crippen molar-refractivity contribution >= 4 is 34.0 Å². The number of aryl methyl sites for hydroxylation is 1. The fourth-order valence-electron chi connectivity index (χ4n) is 2.65. The van der Waals surface area contributed by atoms with Crippen molar-refractivity contribution in [3.63, 3.8) is 0 Å². The van der Waals surface area contributed by atoms with Crippen LogP contribution in [0.4, 0.5) is 10.1 Å². The lowest BCUT2D eigenvalue weighted by Crippen LogP contribution is -2.12. The molecule has 136 valence electrons. The predicted octanol–water partition coefficient (Wildman–Crippen LogP) is 3.96. The molecule has 0 aliphatic heterocycles. The zero-order valence-electron chi connectivity index (χ0n) is 14.0. The van der Waals surface area contributed by atoms with E-state index in [2.05, 4.69) is 15.3 Å². The molecule has 1 amide bonds. The van der Waals surface area contributed by atoms with Crippen LogP contribution in [0, 0.1) is 5.82 Å². The number of thiazole rings is 1. The Morgan fingerprint density at radius 3 is 2.85 bits per heavy atom. The van der Waals surface area contributed by atoms with Gasteiger partial charge in [0.05, 0.1) is 16.2 Å². The average Bonchev–Trinajstić information content (AvgIpc) is 3.26. The van der Waals surface area contributed by atoms with Crippen molar-refractivity contribution in [3.8, 4) is 11.3 Å². The van der Waals surface area contributed by atoms with E-state index in [0.29, 0.717) is 23.2 Å². The van der Waals surface area contributed by atoms with Crippen LogP contribution in [0.3, 0.4) is 0 Å². The Kier molecular flexibility index (Phi) is 4.55. The van der Waals surface area contributed by atoms with Crippen LogP contribution in [-0.4, -0.2) is 15.9 Å². The van der Waals surface area contributed by atoms with E-state index in [4.69, 9.17) is 4.42 Å². The smallest absolute Gasteiger partial charge is 0.408 e. The van der Waals surface area contributed by atoms with Crippen molar-refractivity contribution in [1.29, 1.82) is 0 Å². The number of rotatable bonds is 5. The molecule has 0 unspecified atom stereocenters. The molecule has 0 aliphatic carbocycles. The Morgan fingerprint density at radius 1 is 1.22 bits per heavy atom. The summed E-state index contributed by atoms with van der Waals surface area (Å²) in [5, 5.41) is 5.52. The third kappa shape index (κ3) is 3.95. The number of anilines is 1. The number of carbonyl (C=O) groups is 1. The summed E-state index contributed by atoms with van der Waals surface area (Å²) < 4.78 is 17.9. The molecule has 2 N–H and O–H groups in total. The molecule has 2 aromatic heterocycles. The van der Waals surface area contributed by atoms with Gasteiger partial charge in [0.1, 0.15) is 5.82 Å². The fourth-order valence-corrected chi connectivity index (χ4v) is 3.46. The summed E-state index contributed by atoms with van der Waals surface area (Å²) in [5.41, 5.74) is 3.15. The van der Waals surface area contributed by atoms with Crippen LogP contribution in [0.25, 0.3) is 22.4 Å². The molecule has 0 atom stereocenters. The number of hydrogen-bond donors (Lipinski definition) is 2. The summed E-state index contributed by atoms with van der Waals surface area (Å²) in [7, 11) is 0. The van der Waals surface area contributed by atoms with Gasteiger partial charge in [0.2, 0.25) is 5.91 Å². The van der Waals surface area contributed by atoms with Crippen molar-refractivity contribution in [1.82, 2.24) is 9.97 Å². The summed E-state index contributed by atoms with van der Waals surface area (Å²) in [6.07, 6.45) is 0.777. The summed E-state index contributed by atoms with van der Waals surface area (Å²) in [6.45, 7) is 0.